The van der Waals surface area contributed by atoms with Crippen molar-refractivity contribution in [3.8, 4) is 0 Å². The molecule has 2 aromatic carbocycles. The summed E-state index contributed by atoms with van der Waals surface area (Å²) in [5, 5.41) is 2.44. The summed E-state index contributed by atoms with van der Waals surface area (Å²) in [4.78, 5) is 16.4. The van der Waals surface area contributed by atoms with Gasteiger partial charge in [0, 0.05) is 50.5 Å². The first-order valence-electron chi connectivity index (χ1n) is 11.1. The van der Waals surface area contributed by atoms with Gasteiger partial charge in [-0.25, -0.2) is 18.0 Å². The van der Waals surface area contributed by atoms with Crippen molar-refractivity contribution < 1.29 is 22.7 Å². The number of hydrogen-bond donors (Lipinski definition) is 1. The van der Waals surface area contributed by atoms with Crippen LogP contribution in [-0.2, 0) is 11.3 Å². The van der Waals surface area contributed by atoms with Crippen LogP contribution in [0.1, 0.15) is 31.2 Å². The Kier molecular flexibility index (Phi) is 7.32. The maximum Gasteiger partial charge on any atom is 0.321 e. The van der Waals surface area contributed by atoms with E-state index in [1.54, 1.807) is 4.90 Å². The Morgan fingerprint density at radius 2 is 1.47 bits per heavy atom. The lowest BCUT2D eigenvalue weighted by Crippen LogP contribution is -2.45. The maximum atomic E-state index is 13.3. The normalized spacial score (nSPS) is 18.7. The third-order valence-corrected chi connectivity index (χ3v) is 6.13. The Morgan fingerprint density at radius 1 is 0.906 bits per heavy atom. The number of urea groups is 1. The number of benzene rings is 2. The number of likely N-dealkylation sites (tertiary alicyclic amines) is 2. The highest BCUT2D eigenvalue weighted by atomic mass is 19.2. The van der Waals surface area contributed by atoms with Crippen molar-refractivity contribution >= 4 is 11.7 Å². The number of carbonyl (C=O) groups is 1. The Hall–Kier alpha value is -2.58. The number of carbonyl (C=O) groups excluding carboxylic acids is 1. The number of amides is 2. The van der Waals surface area contributed by atoms with Crippen molar-refractivity contribution in [2.24, 2.45) is 0 Å². The molecule has 2 fully saturated rings. The lowest BCUT2D eigenvalue weighted by Gasteiger charge is -2.37. The van der Waals surface area contributed by atoms with E-state index < -0.39 is 23.5 Å². The molecule has 0 unspecified atom stereocenters. The van der Waals surface area contributed by atoms with Crippen LogP contribution in [-0.4, -0.2) is 54.2 Å². The van der Waals surface area contributed by atoms with Gasteiger partial charge >= 0.3 is 6.03 Å². The molecular weight excluding hydrogens is 419 g/mol. The monoisotopic (exact) mass is 447 g/mol. The second-order valence-electron chi connectivity index (χ2n) is 8.47. The molecule has 0 bridgehead atoms. The number of ether oxygens (including phenoxy) is 1. The van der Waals surface area contributed by atoms with Gasteiger partial charge < -0.3 is 15.0 Å². The van der Waals surface area contributed by atoms with Crippen molar-refractivity contribution in [2.45, 2.75) is 44.4 Å². The van der Waals surface area contributed by atoms with Gasteiger partial charge in [-0.3, -0.25) is 4.90 Å². The third kappa shape index (κ3) is 5.81. The summed E-state index contributed by atoms with van der Waals surface area (Å²) in [5.41, 5.74) is 1.22. The minimum atomic E-state index is -1.55. The number of nitrogens with one attached hydrogen (secondary N) is 1. The van der Waals surface area contributed by atoms with Crippen LogP contribution in [0, 0.1) is 17.5 Å². The van der Waals surface area contributed by atoms with Gasteiger partial charge in [-0.1, -0.05) is 30.3 Å². The van der Waals surface area contributed by atoms with Gasteiger partial charge in [-0.05, 0) is 31.2 Å². The summed E-state index contributed by atoms with van der Waals surface area (Å²) in [5.74, 6) is -4.21. The zero-order valence-corrected chi connectivity index (χ0v) is 17.9. The summed E-state index contributed by atoms with van der Waals surface area (Å²) < 4.78 is 46.0. The molecule has 172 valence electrons. The Morgan fingerprint density at radius 3 is 2.06 bits per heavy atom. The van der Waals surface area contributed by atoms with Crippen molar-refractivity contribution in [2.75, 3.05) is 31.5 Å². The van der Waals surface area contributed by atoms with E-state index in [1.165, 1.54) is 5.56 Å². The predicted molar refractivity (Wildman–Crippen MR) is 116 cm³/mol. The molecule has 2 heterocycles. The zero-order chi connectivity index (χ0) is 22.5. The summed E-state index contributed by atoms with van der Waals surface area (Å²) in [6, 6.07) is 11.5. The van der Waals surface area contributed by atoms with Crippen LogP contribution in [0.3, 0.4) is 0 Å². The lowest BCUT2D eigenvalue weighted by atomic mass is 10.0. The van der Waals surface area contributed by atoms with Gasteiger partial charge in [0.15, 0.2) is 17.5 Å². The van der Waals surface area contributed by atoms with Gasteiger partial charge in [0.1, 0.15) is 0 Å². The lowest BCUT2D eigenvalue weighted by molar-refractivity contribution is -0.0616. The molecule has 4 rings (SSSR count). The van der Waals surface area contributed by atoms with Crippen molar-refractivity contribution in [3.05, 3.63) is 65.5 Å². The van der Waals surface area contributed by atoms with Crippen molar-refractivity contribution in [1.29, 1.82) is 0 Å². The van der Waals surface area contributed by atoms with Crippen LogP contribution in [0.15, 0.2) is 42.5 Å². The second kappa shape index (κ2) is 10.4. The summed E-state index contributed by atoms with van der Waals surface area (Å²) >= 11 is 0. The fraction of sp³-hybridized carbons (Fsp3) is 0.458. The fourth-order valence-electron chi connectivity index (χ4n) is 4.34. The highest BCUT2D eigenvalue weighted by molar-refractivity contribution is 5.89. The van der Waals surface area contributed by atoms with E-state index >= 15 is 0 Å². The zero-order valence-electron chi connectivity index (χ0n) is 17.9. The third-order valence-electron chi connectivity index (χ3n) is 6.13. The smallest absolute Gasteiger partial charge is 0.321 e. The average molecular weight is 448 g/mol. The molecule has 0 aliphatic carbocycles. The first kappa shape index (κ1) is 22.6. The standard InChI is InChI=1S/C24H28F3N3O2/c25-21-14-18(15-22(26)23(21)27)28-24(31)30-12-8-20(9-13-30)32-19-6-10-29(11-7-19)16-17-4-2-1-3-5-17/h1-5,14-15,19-20H,6-13,16H2,(H,28,31). The summed E-state index contributed by atoms with van der Waals surface area (Å²) in [6.07, 6.45) is 3.75. The van der Waals surface area contributed by atoms with E-state index in [0.717, 1.165) is 44.6 Å². The van der Waals surface area contributed by atoms with Gasteiger partial charge in [0.05, 0.1) is 12.2 Å². The molecule has 0 saturated carbocycles. The van der Waals surface area contributed by atoms with Gasteiger partial charge in [-0.2, -0.15) is 0 Å². The van der Waals surface area contributed by atoms with Crippen LogP contribution in [0.5, 0.6) is 0 Å². The first-order valence-corrected chi connectivity index (χ1v) is 11.1. The molecule has 2 saturated heterocycles. The quantitative estimate of drug-likeness (QED) is 0.671. The molecule has 8 heteroatoms. The number of nitrogens with zero attached hydrogens (tertiary/aromatic N) is 2. The Balaban J connectivity index is 1.18. The fourth-order valence-corrected chi connectivity index (χ4v) is 4.34. The average Bonchev–Trinajstić information content (AvgIpc) is 2.80. The molecular formula is C24H28F3N3O2. The number of halogens is 3. The van der Waals surface area contributed by atoms with Gasteiger partial charge in [0.25, 0.3) is 0 Å². The molecule has 0 atom stereocenters. The number of rotatable bonds is 5. The number of piperidine rings is 2. The minimum Gasteiger partial charge on any atom is -0.375 e. The van der Waals surface area contributed by atoms with Crippen LogP contribution in [0.2, 0.25) is 0 Å². The van der Waals surface area contributed by atoms with Crippen LogP contribution in [0.4, 0.5) is 23.7 Å². The molecule has 5 nitrogen and oxygen atoms in total. The minimum absolute atomic E-state index is 0.102. The molecule has 0 spiro atoms. The predicted octanol–water partition coefficient (Wildman–Crippen LogP) is 4.78. The molecule has 2 aliphatic heterocycles. The maximum absolute atomic E-state index is 13.3. The largest absolute Gasteiger partial charge is 0.375 e. The van der Waals surface area contributed by atoms with Gasteiger partial charge in [0.2, 0.25) is 0 Å². The number of anilines is 1. The highest BCUT2D eigenvalue weighted by Gasteiger charge is 2.28. The van der Waals surface area contributed by atoms with Crippen LogP contribution in [0.25, 0.3) is 0 Å². The van der Waals surface area contributed by atoms with E-state index in [9.17, 15) is 18.0 Å². The molecule has 0 aromatic heterocycles. The van der Waals surface area contributed by atoms with E-state index in [1.807, 2.05) is 6.07 Å². The molecule has 2 amide bonds. The van der Waals surface area contributed by atoms with Crippen LogP contribution < -0.4 is 5.32 Å². The first-order chi connectivity index (χ1) is 15.5. The molecule has 0 radical (unpaired) electrons. The summed E-state index contributed by atoms with van der Waals surface area (Å²) in [6.45, 7) is 3.96. The van der Waals surface area contributed by atoms with Crippen molar-refractivity contribution in [1.82, 2.24) is 9.80 Å². The van der Waals surface area contributed by atoms with E-state index in [2.05, 4.69) is 34.5 Å². The topological polar surface area (TPSA) is 44.8 Å². The molecule has 2 aromatic rings. The Labute approximate surface area is 186 Å². The van der Waals surface area contributed by atoms with Crippen LogP contribution >= 0.6 is 0 Å². The molecule has 32 heavy (non-hydrogen) atoms. The van der Waals surface area contributed by atoms with Gasteiger partial charge in [-0.15, -0.1) is 0 Å². The number of hydrogen-bond acceptors (Lipinski definition) is 3. The van der Waals surface area contributed by atoms with E-state index in [0.29, 0.717) is 25.9 Å². The Bertz CT molecular complexity index is 889. The molecule has 1 N–H and O–H groups in total. The van der Waals surface area contributed by atoms with E-state index in [4.69, 9.17) is 4.74 Å². The second-order valence-corrected chi connectivity index (χ2v) is 8.47. The van der Waals surface area contributed by atoms with E-state index in [-0.39, 0.29) is 17.9 Å². The SMILES string of the molecule is O=C(Nc1cc(F)c(F)c(F)c1)N1CCC(OC2CCN(Cc3ccccc3)CC2)CC1. The summed E-state index contributed by atoms with van der Waals surface area (Å²) in [7, 11) is 0. The molecule has 2 aliphatic rings. The van der Waals surface area contributed by atoms with Crippen molar-refractivity contribution in [3.63, 3.8) is 0 Å². The highest BCUT2D eigenvalue weighted by Crippen LogP contribution is 2.23.